The van der Waals surface area contributed by atoms with Crippen LogP contribution in [0.1, 0.15) is 74.1 Å². The molecule has 10 nitrogen and oxygen atoms in total. The van der Waals surface area contributed by atoms with E-state index in [1.807, 2.05) is 39.6 Å². The van der Waals surface area contributed by atoms with Gasteiger partial charge in [-0.3, -0.25) is 4.90 Å². The number of carbonyl (C=O) groups is 1. The van der Waals surface area contributed by atoms with E-state index in [-0.39, 0.29) is 51.5 Å². The molecule has 0 N–H and O–H groups in total. The molecule has 0 bridgehead atoms. The molecule has 4 aromatic rings. The van der Waals surface area contributed by atoms with Crippen LogP contribution >= 0.6 is 11.6 Å². The number of halogens is 2. The highest BCUT2D eigenvalue weighted by Gasteiger charge is 2.56. The summed E-state index contributed by atoms with van der Waals surface area (Å²) >= 11 is 6.19. The number of carbonyl (C=O) groups excluding carboxylic acids is 1. The minimum absolute atomic E-state index is 0.0199. The summed E-state index contributed by atoms with van der Waals surface area (Å²) in [7, 11) is -0.876. The van der Waals surface area contributed by atoms with Gasteiger partial charge in [0.25, 0.3) is 8.32 Å². The van der Waals surface area contributed by atoms with Crippen LogP contribution in [-0.4, -0.2) is 102 Å². The molecule has 55 heavy (non-hydrogen) atoms. The quantitative estimate of drug-likeness (QED) is 0.129. The minimum atomic E-state index is -2.78. The Morgan fingerprint density at radius 3 is 2.29 bits per heavy atom. The first kappa shape index (κ1) is 39.4. The van der Waals surface area contributed by atoms with Gasteiger partial charge in [-0.15, -0.1) is 0 Å². The minimum Gasteiger partial charge on any atom is -0.461 e. The van der Waals surface area contributed by atoms with Gasteiger partial charge in [-0.1, -0.05) is 93.0 Å². The van der Waals surface area contributed by atoms with Crippen molar-refractivity contribution in [3.05, 3.63) is 77.8 Å². The molecule has 0 saturated carbocycles. The Kier molecular flexibility index (Phi) is 10.7. The second-order valence-electron chi connectivity index (χ2n) is 17.5. The zero-order chi connectivity index (χ0) is 39.3. The number of hydrogen-bond acceptors (Lipinski definition) is 9. The molecule has 2 aromatic carbocycles. The van der Waals surface area contributed by atoms with Crippen LogP contribution in [0.15, 0.2) is 66.9 Å². The Balaban J connectivity index is 1.17. The largest absolute Gasteiger partial charge is 0.461 e. The van der Waals surface area contributed by atoms with E-state index in [2.05, 4.69) is 96.3 Å². The smallest absolute Gasteiger partial charge is 0.410 e. The third-order valence-corrected chi connectivity index (χ3v) is 17.1. The number of ether oxygens (including phenoxy) is 2. The number of hydrogen-bond donors (Lipinski definition) is 0. The van der Waals surface area contributed by atoms with Crippen molar-refractivity contribution in [3.63, 3.8) is 0 Å². The van der Waals surface area contributed by atoms with Crippen LogP contribution in [0.2, 0.25) is 10.2 Å². The first-order valence-electron chi connectivity index (χ1n) is 19.4. The highest BCUT2D eigenvalue weighted by atomic mass is 35.5. The summed E-state index contributed by atoms with van der Waals surface area (Å²) in [6, 6.07) is 21.2. The van der Waals surface area contributed by atoms with Gasteiger partial charge in [-0.05, 0) is 75.3 Å². The second kappa shape index (κ2) is 14.9. The normalized spacial score (nSPS) is 23.3. The fraction of sp³-hybridized carbons (Fsp3) is 0.524. The molecule has 3 aliphatic rings. The van der Waals surface area contributed by atoms with E-state index < -0.39 is 19.7 Å². The number of rotatable bonds is 9. The third-order valence-electron chi connectivity index (χ3n) is 11.8. The molecule has 1 amide bonds. The van der Waals surface area contributed by atoms with Gasteiger partial charge < -0.3 is 23.7 Å². The van der Waals surface area contributed by atoms with Crippen LogP contribution in [0.5, 0.6) is 6.01 Å². The van der Waals surface area contributed by atoms with Crippen molar-refractivity contribution >= 4 is 53.1 Å². The molecule has 7 rings (SSSR count). The van der Waals surface area contributed by atoms with Gasteiger partial charge in [-0.25, -0.2) is 14.2 Å². The molecule has 5 heterocycles. The molecule has 0 unspecified atom stereocenters. The topological polar surface area (TPSA) is 93.1 Å². The van der Waals surface area contributed by atoms with Gasteiger partial charge in [0, 0.05) is 26.3 Å². The average molecular weight is 789 g/mol. The van der Waals surface area contributed by atoms with Crippen LogP contribution in [-0.2, 0) is 9.16 Å². The number of aromatic nitrogens is 3. The van der Waals surface area contributed by atoms with Crippen LogP contribution in [0.25, 0.3) is 10.9 Å². The molecule has 2 aromatic heterocycles. The predicted octanol–water partition coefficient (Wildman–Crippen LogP) is 7.21. The summed E-state index contributed by atoms with van der Waals surface area (Å²) < 4.78 is 35.5. The first-order valence-corrected chi connectivity index (χ1v) is 21.7. The molecule has 0 spiro atoms. The van der Waals surface area contributed by atoms with Gasteiger partial charge in [0.15, 0.2) is 11.0 Å². The number of pyridine rings is 1. The molecule has 4 atom stereocenters. The average Bonchev–Trinajstić information content (AvgIpc) is 3.82. The Hall–Kier alpha value is -3.84. The first-order chi connectivity index (χ1) is 26.0. The van der Waals surface area contributed by atoms with Crippen molar-refractivity contribution < 1.29 is 23.1 Å². The molecule has 294 valence electrons. The molecular weight excluding hydrogens is 735 g/mol. The van der Waals surface area contributed by atoms with Crippen molar-refractivity contribution in [1.29, 1.82) is 0 Å². The lowest BCUT2D eigenvalue weighted by Crippen LogP contribution is -2.67. The monoisotopic (exact) mass is 788 g/mol. The summed E-state index contributed by atoms with van der Waals surface area (Å²) in [6.45, 7) is 17.1. The SMILES string of the molecule is C[C@@H]1[C@H](N(C)c2nc(OC[C@@]34CCCN3C[C@H](O[Si](c3ccccc3)(c3ccccc3)C(C)(C)C)C4)nc3c(F)c(Cl)ncc23)CCN1C(=O)OC(C)(C)C. The zero-order valence-corrected chi connectivity index (χ0v) is 35.1. The number of likely N-dealkylation sites (N-methyl/N-ethyl adjacent to an activating group) is 1. The number of anilines is 1. The lowest BCUT2D eigenvalue weighted by atomic mass is 9.94. The van der Waals surface area contributed by atoms with E-state index in [0.29, 0.717) is 30.8 Å². The maximum Gasteiger partial charge on any atom is 0.410 e. The maximum atomic E-state index is 15.7. The van der Waals surface area contributed by atoms with Gasteiger partial charge >= 0.3 is 12.1 Å². The van der Waals surface area contributed by atoms with E-state index in [1.165, 1.54) is 16.6 Å². The lowest BCUT2D eigenvalue weighted by molar-refractivity contribution is 0.0233. The van der Waals surface area contributed by atoms with Crippen LogP contribution in [0.3, 0.4) is 0 Å². The second-order valence-corrected chi connectivity index (χ2v) is 22.1. The van der Waals surface area contributed by atoms with Crippen LogP contribution < -0.4 is 20.0 Å². The van der Waals surface area contributed by atoms with Crippen molar-refractivity contribution in [1.82, 2.24) is 24.8 Å². The summed E-state index contributed by atoms with van der Waals surface area (Å²) in [4.78, 5) is 32.9. The molecule has 0 aliphatic carbocycles. The molecular formula is C42H54ClFN6O4Si. The number of nitrogens with zero attached hydrogens (tertiary/aromatic N) is 6. The molecule has 3 aliphatic heterocycles. The number of likely N-dealkylation sites (tertiary alicyclic amines) is 1. The zero-order valence-electron chi connectivity index (χ0n) is 33.3. The van der Waals surface area contributed by atoms with Crippen LogP contribution in [0, 0.1) is 5.82 Å². The van der Waals surface area contributed by atoms with Gasteiger partial charge in [0.1, 0.15) is 23.5 Å². The van der Waals surface area contributed by atoms with E-state index in [4.69, 9.17) is 30.5 Å². The van der Waals surface area contributed by atoms with E-state index >= 15 is 4.39 Å². The maximum absolute atomic E-state index is 15.7. The highest BCUT2D eigenvalue weighted by molar-refractivity contribution is 6.99. The van der Waals surface area contributed by atoms with Crippen molar-refractivity contribution in [2.45, 2.75) is 109 Å². The Labute approximate surface area is 330 Å². The van der Waals surface area contributed by atoms with E-state index in [1.54, 1.807) is 4.90 Å². The number of amides is 1. The Bertz CT molecular complexity index is 1980. The van der Waals surface area contributed by atoms with Crippen molar-refractivity contribution in [2.75, 3.05) is 38.2 Å². The summed E-state index contributed by atoms with van der Waals surface area (Å²) in [5, 5.41) is 2.52. The van der Waals surface area contributed by atoms with Crippen molar-refractivity contribution in [3.8, 4) is 6.01 Å². The predicted molar refractivity (Wildman–Crippen MR) is 218 cm³/mol. The van der Waals surface area contributed by atoms with Crippen molar-refractivity contribution in [2.24, 2.45) is 0 Å². The summed E-state index contributed by atoms with van der Waals surface area (Å²) in [5.74, 6) is -0.262. The molecule has 0 radical (unpaired) electrons. The van der Waals surface area contributed by atoms with Gasteiger partial charge in [0.2, 0.25) is 0 Å². The summed E-state index contributed by atoms with van der Waals surface area (Å²) in [6.07, 6.45) is 4.58. The Morgan fingerprint density at radius 1 is 1.02 bits per heavy atom. The number of benzene rings is 2. The molecule has 3 fully saturated rings. The van der Waals surface area contributed by atoms with E-state index in [0.717, 1.165) is 32.4 Å². The highest BCUT2D eigenvalue weighted by Crippen LogP contribution is 2.45. The van der Waals surface area contributed by atoms with Gasteiger partial charge in [0.05, 0.1) is 29.1 Å². The molecule has 13 heteroatoms. The summed E-state index contributed by atoms with van der Waals surface area (Å²) in [5.41, 5.74) is -0.857. The third kappa shape index (κ3) is 7.43. The van der Waals surface area contributed by atoms with E-state index in [9.17, 15) is 4.79 Å². The van der Waals surface area contributed by atoms with Crippen LogP contribution in [0.4, 0.5) is 15.0 Å². The Morgan fingerprint density at radius 2 is 1.67 bits per heavy atom. The van der Waals surface area contributed by atoms with Gasteiger partial charge in [-0.2, -0.15) is 9.97 Å². The lowest BCUT2D eigenvalue weighted by Gasteiger charge is -2.44. The molecule has 3 saturated heterocycles. The fourth-order valence-electron chi connectivity index (χ4n) is 9.20. The number of fused-ring (bicyclic) bond motifs is 2. The fourth-order valence-corrected chi connectivity index (χ4v) is 14.0. The standard InChI is InChI=1S/C42H54ClFN6O4Si/c1-28-33(20-23-50(28)39(51)53-40(2,3)4)48(8)37-32-25-45-36(43)34(44)35(32)46-38(47-37)52-27-42-21-15-22-49(42)26-29(24-42)54-55(41(5,6)7,30-16-11-9-12-17-30)31-18-13-10-14-19-31/h9-14,16-19,25,28-29,33H,15,20-24,26-27H2,1-8H3/t28-,29-,33-,42+/m1/s1.